The third-order valence-corrected chi connectivity index (χ3v) is 2.58. The summed E-state index contributed by atoms with van der Waals surface area (Å²) < 4.78 is 0. The van der Waals surface area contributed by atoms with Crippen molar-refractivity contribution in [2.45, 2.75) is 31.8 Å². The number of halogens is 3. The van der Waals surface area contributed by atoms with E-state index in [4.69, 9.17) is 41.9 Å². The van der Waals surface area contributed by atoms with Crippen LogP contribution in [0.15, 0.2) is 24.3 Å². The Morgan fingerprint density at radius 3 is 2.00 bits per heavy atom. The topological polar surface area (TPSA) is 52.0 Å². The summed E-state index contributed by atoms with van der Waals surface area (Å²) in [6.07, 6.45) is 0.778. The number of benzene rings is 1. The molecule has 0 aliphatic rings. The van der Waals surface area contributed by atoms with Gasteiger partial charge in [-0.15, -0.1) is 0 Å². The van der Waals surface area contributed by atoms with Crippen LogP contribution >= 0.6 is 30.4 Å². The van der Waals surface area contributed by atoms with Crippen LogP contribution in [0.3, 0.4) is 0 Å². The molecular formula is C11H17Cl3N2Pt. The van der Waals surface area contributed by atoms with E-state index in [1.165, 1.54) is 5.56 Å². The molecule has 6 heteroatoms. The SMILES string of the molecule is CC(C)(N)C(N)Cc1ccc(Cl)cc1.[Cl][Pt][Cl]. The van der Waals surface area contributed by atoms with Gasteiger partial charge in [-0.25, -0.2) is 0 Å². The Bertz CT molecular complexity index is 311. The molecule has 4 N–H and O–H groups in total. The van der Waals surface area contributed by atoms with Gasteiger partial charge in [0.25, 0.3) is 0 Å². The van der Waals surface area contributed by atoms with Crippen LogP contribution in [0.4, 0.5) is 0 Å². The first kappa shape index (κ1) is 17.7. The molecule has 1 aromatic rings. The fraction of sp³-hybridized carbons (Fsp3) is 0.455. The van der Waals surface area contributed by atoms with Crippen molar-refractivity contribution in [1.29, 1.82) is 0 Å². The van der Waals surface area contributed by atoms with Gasteiger partial charge >= 0.3 is 35.3 Å². The average molecular weight is 479 g/mol. The monoisotopic (exact) mass is 477 g/mol. The predicted octanol–water partition coefficient (Wildman–Crippen LogP) is 3.32. The van der Waals surface area contributed by atoms with Crippen molar-refractivity contribution >= 4 is 30.4 Å². The van der Waals surface area contributed by atoms with Gasteiger partial charge in [-0.2, -0.15) is 0 Å². The zero-order valence-electron chi connectivity index (χ0n) is 9.70. The second-order valence-electron chi connectivity index (χ2n) is 4.30. The minimum atomic E-state index is -0.472. The van der Waals surface area contributed by atoms with Crippen molar-refractivity contribution < 1.29 is 16.5 Å². The molecule has 0 aliphatic heterocycles. The zero-order chi connectivity index (χ0) is 13.5. The van der Waals surface area contributed by atoms with Gasteiger partial charge in [0.15, 0.2) is 0 Å². The second-order valence-corrected chi connectivity index (χ2v) is 8.02. The van der Waals surface area contributed by atoms with E-state index in [0.29, 0.717) is 0 Å². The Balaban J connectivity index is 0.000000770. The summed E-state index contributed by atoms with van der Waals surface area (Å²) in [5, 5.41) is 0.745. The molecule has 0 amide bonds. The van der Waals surface area contributed by atoms with Gasteiger partial charge in [-0.05, 0) is 38.0 Å². The molecule has 0 aliphatic carbocycles. The van der Waals surface area contributed by atoms with Crippen molar-refractivity contribution in [2.24, 2.45) is 11.5 Å². The predicted molar refractivity (Wildman–Crippen MR) is 73.1 cm³/mol. The fourth-order valence-corrected chi connectivity index (χ4v) is 1.26. The summed E-state index contributed by atoms with van der Waals surface area (Å²) in [5.41, 5.74) is 12.7. The van der Waals surface area contributed by atoms with E-state index in [2.05, 4.69) is 0 Å². The molecule has 0 spiro atoms. The summed E-state index contributed by atoms with van der Waals surface area (Å²) in [6, 6.07) is 7.66. The molecule has 102 valence electrons. The van der Waals surface area contributed by atoms with E-state index in [1.54, 1.807) is 0 Å². The molecule has 1 unspecified atom stereocenters. The molecule has 0 radical (unpaired) electrons. The van der Waals surface area contributed by atoms with Crippen LogP contribution in [0.5, 0.6) is 0 Å². The van der Waals surface area contributed by atoms with Crippen LogP contribution in [0.1, 0.15) is 19.4 Å². The van der Waals surface area contributed by atoms with Crippen LogP contribution < -0.4 is 11.5 Å². The molecule has 0 fully saturated rings. The van der Waals surface area contributed by atoms with E-state index >= 15 is 0 Å². The first-order valence-corrected chi connectivity index (χ1v) is 10.9. The average Bonchev–Trinajstić information content (AvgIpc) is 2.21. The van der Waals surface area contributed by atoms with Crippen molar-refractivity contribution in [2.75, 3.05) is 0 Å². The Morgan fingerprint density at radius 1 is 1.24 bits per heavy atom. The first-order chi connectivity index (χ1) is 7.81. The first-order valence-electron chi connectivity index (χ1n) is 4.92. The Labute approximate surface area is 124 Å². The van der Waals surface area contributed by atoms with Crippen LogP contribution in [0, 0.1) is 0 Å². The molecule has 0 saturated carbocycles. The van der Waals surface area contributed by atoms with Gasteiger partial charge in [0, 0.05) is 16.6 Å². The molecule has 0 bridgehead atoms. The third-order valence-electron chi connectivity index (χ3n) is 2.32. The molecule has 1 aromatic carbocycles. The van der Waals surface area contributed by atoms with Crippen LogP contribution in [-0.2, 0) is 22.9 Å². The second kappa shape index (κ2) is 8.74. The van der Waals surface area contributed by atoms with Crippen molar-refractivity contribution in [3.63, 3.8) is 0 Å². The summed E-state index contributed by atoms with van der Waals surface area (Å²) in [7, 11) is 9.75. The third kappa shape index (κ3) is 8.42. The Morgan fingerprint density at radius 2 is 1.65 bits per heavy atom. The number of nitrogens with two attached hydrogens (primary N) is 2. The number of hydrogen-bond acceptors (Lipinski definition) is 2. The quantitative estimate of drug-likeness (QED) is 0.700. The van der Waals surface area contributed by atoms with Crippen molar-refractivity contribution in [1.82, 2.24) is 0 Å². The van der Waals surface area contributed by atoms with Crippen LogP contribution in [0.2, 0.25) is 5.02 Å². The van der Waals surface area contributed by atoms with E-state index < -0.39 is 16.5 Å². The zero-order valence-corrected chi connectivity index (χ0v) is 14.2. The maximum absolute atomic E-state index is 5.96. The van der Waals surface area contributed by atoms with E-state index in [-0.39, 0.29) is 11.6 Å². The van der Waals surface area contributed by atoms with E-state index in [1.807, 2.05) is 38.1 Å². The van der Waals surface area contributed by atoms with Gasteiger partial charge in [-0.1, -0.05) is 23.7 Å². The molecule has 2 nitrogen and oxygen atoms in total. The molecule has 1 rings (SSSR count). The molecule has 1 atom stereocenters. The van der Waals surface area contributed by atoms with E-state index in [0.717, 1.165) is 11.4 Å². The summed E-state index contributed by atoms with van der Waals surface area (Å²) in [5.74, 6) is 0. The normalized spacial score (nSPS) is 12.9. The molecular weight excluding hydrogens is 462 g/mol. The van der Waals surface area contributed by atoms with Gasteiger partial charge in [0.05, 0.1) is 0 Å². The number of hydrogen-bond donors (Lipinski definition) is 2. The van der Waals surface area contributed by atoms with Gasteiger partial charge < -0.3 is 11.5 Å². The van der Waals surface area contributed by atoms with Crippen molar-refractivity contribution in [3.8, 4) is 0 Å². The van der Waals surface area contributed by atoms with Crippen molar-refractivity contribution in [3.05, 3.63) is 34.9 Å². The standard InChI is InChI=1S/C11H17ClN2.2ClH.Pt/c1-11(2,14)10(13)7-8-3-5-9(12)6-4-8;;;/h3-6,10H,7,13-14H2,1-2H3;2*1H;/q;;;+2/p-2. The Kier molecular flexibility index (Phi) is 9.10. The van der Waals surface area contributed by atoms with Gasteiger partial charge in [-0.3, -0.25) is 0 Å². The fourth-order valence-electron chi connectivity index (χ4n) is 1.14. The number of rotatable bonds is 3. The van der Waals surface area contributed by atoms with Gasteiger partial charge in [0.1, 0.15) is 0 Å². The van der Waals surface area contributed by atoms with Gasteiger partial charge in [0.2, 0.25) is 0 Å². The summed E-state index contributed by atoms with van der Waals surface area (Å²) >= 11 is 5.31. The van der Waals surface area contributed by atoms with Crippen LogP contribution in [-0.4, -0.2) is 11.6 Å². The molecule has 17 heavy (non-hydrogen) atoms. The van der Waals surface area contributed by atoms with Crippen LogP contribution in [0.25, 0.3) is 0 Å². The molecule has 0 aromatic heterocycles. The summed E-state index contributed by atoms with van der Waals surface area (Å²) in [6.45, 7) is 3.88. The maximum atomic E-state index is 5.96. The Hall–Kier alpha value is 0.698. The van der Waals surface area contributed by atoms with E-state index in [9.17, 15) is 0 Å². The summed E-state index contributed by atoms with van der Waals surface area (Å²) in [4.78, 5) is 0. The molecule has 0 heterocycles. The minimum absolute atomic E-state index is 0.0383. The molecule has 0 saturated heterocycles.